The van der Waals surface area contributed by atoms with Crippen molar-refractivity contribution in [1.29, 1.82) is 0 Å². The molecule has 1 N–H and O–H groups in total. The molecule has 158 valence electrons. The fourth-order valence-electron chi connectivity index (χ4n) is 3.60. The minimum atomic E-state index is 0.178. The van der Waals surface area contributed by atoms with E-state index in [1.54, 1.807) is 11.3 Å². The molecule has 0 fully saturated rings. The van der Waals surface area contributed by atoms with Gasteiger partial charge in [-0.25, -0.2) is 9.97 Å². The highest BCUT2D eigenvalue weighted by atomic mass is 32.1. The van der Waals surface area contributed by atoms with Crippen LogP contribution in [0.3, 0.4) is 0 Å². The molecule has 4 aromatic rings. The maximum absolute atomic E-state index is 5.08. The number of hydrogen-bond acceptors (Lipinski definition) is 4. The lowest BCUT2D eigenvalue weighted by Gasteiger charge is -2.15. The zero-order valence-electron chi connectivity index (χ0n) is 18.6. The number of benzene rings is 2. The molecule has 0 saturated heterocycles. The maximum atomic E-state index is 5.08. The molecule has 0 bridgehead atoms. The fourth-order valence-corrected chi connectivity index (χ4v) is 4.82. The Bertz CT molecular complexity index is 1150. The summed E-state index contributed by atoms with van der Waals surface area (Å²) < 4.78 is 0. The van der Waals surface area contributed by atoms with Crippen molar-refractivity contribution in [3.63, 3.8) is 0 Å². The molecule has 0 aliphatic carbocycles. The maximum Gasteiger partial charge on any atom is 0.126 e. The van der Waals surface area contributed by atoms with Crippen LogP contribution in [0.15, 0.2) is 72.9 Å². The molecular weight excluding hydrogens is 398 g/mol. The van der Waals surface area contributed by atoms with Crippen LogP contribution in [-0.2, 0) is 0 Å². The van der Waals surface area contributed by atoms with Crippen molar-refractivity contribution in [3.8, 4) is 21.7 Å². The van der Waals surface area contributed by atoms with Gasteiger partial charge in [0.25, 0.3) is 0 Å². The second-order valence-electron chi connectivity index (χ2n) is 8.12. The van der Waals surface area contributed by atoms with E-state index in [-0.39, 0.29) is 6.04 Å². The fraction of sp³-hybridized carbons (Fsp3) is 0.259. The van der Waals surface area contributed by atoms with Gasteiger partial charge in [0.2, 0.25) is 0 Å². The average molecular weight is 428 g/mol. The number of aryl methyl sites for hydroxylation is 1. The molecule has 0 spiro atoms. The number of nitrogens with zero attached hydrogens (tertiary/aromatic N) is 2. The standard InChI is InChI=1S/C27H29N3S/c1-5-19(3)27-30-25(22-13-9-10-18(2)16-22)26(31-27)23-14-15-28-24(17-23)29-20(4)21-11-7-6-8-12-21/h6-17,19-20H,5H2,1-4H3,(H,28,29)/t19?,20-/m0/s1. The molecule has 0 aliphatic heterocycles. The Balaban J connectivity index is 1.72. The molecule has 3 nitrogen and oxygen atoms in total. The summed E-state index contributed by atoms with van der Waals surface area (Å²) >= 11 is 1.80. The molecule has 2 atom stereocenters. The largest absolute Gasteiger partial charge is 0.364 e. The van der Waals surface area contributed by atoms with Crippen LogP contribution < -0.4 is 5.32 Å². The van der Waals surface area contributed by atoms with Gasteiger partial charge in [-0.3, -0.25) is 0 Å². The third-order valence-electron chi connectivity index (χ3n) is 5.66. The summed E-state index contributed by atoms with van der Waals surface area (Å²) in [6.07, 6.45) is 2.97. The summed E-state index contributed by atoms with van der Waals surface area (Å²) in [6.45, 7) is 8.77. The molecule has 1 unspecified atom stereocenters. The number of hydrogen-bond donors (Lipinski definition) is 1. The number of anilines is 1. The van der Waals surface area contributed by atoms with Gasteiger partial charge in [-0.15, -0.1) is 11.3 Å². The average Bonchev–Trinajstić information content (AvgIpc) is 3.25. The SMILES string of the molecule is CCC(C)c1nc(-c2cccc(C)c2)c(-c2ccnc(N[C@@H](C)c3ccccc3)c2)s1. The Labute approximate surface area is 189 Å². The second kappa shape index (κ2) is 9.44. The minimum Gasteiger partial charge on any atom is -0.364 e. The van der Waals surface area contributed by atoms with Crippen LogP contribution in [0.4, 0.5) is 5.82 Å². The van der Waals surface area contributed by atoms with E-state index in [2.05, 4.69) is 98.7 Å². The molecular formula is C27H29N3S. The Morgan fingerprint density at radius 1 is 0.935 bits per heavy atom. The van der Waals surface area contributed by atoms with Gasteiger partial charge in [0.15, 0.2) is 0 Å². The third-order valence-corrected chi connectivity index (χ3v) is 6.99. The topological polar surface area (TPSA) is 37.8 Å². The van der Waals surface area contributed by atoms with Crippen LogP contribution in [0.2, 0.25) is 0 Å². The van der Waals surface area contributed by atoms with E-state index in [0.29, 0.717) is 5.92 Å². The first-order valence-corrected chi connectivity index (χ1v) is 11.7. The number of pyridine rings is 1. The van der Waals surface area contributed by atoms with Gasteiger partial charge in [0.1, 0.15) is 5.82 Å². The summed E-state index contributed by atoms with van der Waals surface area (Å²) in [5.41, 5.74) is 5.88. The van der Waals surface area contributed by atoms with Crippen molar-refractivity contribution in [3.05, 3.63) is 89.1 Å². The summed E-state index contributed by atoms with van der Waals surface area (Å²) in [5, 5.41) is 4.74. The summed E-state index contributed by atoms with van der Waals surface area (Å²) in [7, 11) is 0. The quantitative estimate of drug-likeness (QED) is 0.326. The van der Waals surface area contributed by atoms with Gasteiger partial charge < -0.3 is 5.32 Å². The molecule has 4 rings (SSSR count). The minimum absolute atomic E-state index is 0.178. The van der Waals surface area contributed by atoms with Crippen molar-refractivity contribution < 1.29 is 0 Å². The van der Waals surface area contributed by atoms with Crippen molar-refractivity contribution in [2.45, 2.75) is 46.1 Å². The molecule has 2 aromatic heterocycles. The Kier molecular flexibility index (Phi) is 6.47. The number of nitrogens with one attached hydrogen (secondary N) is 1. The van der Waals surface area contributed by atoms with Crippen molar-refractivity contribution in [2.75, 3.05) is 5.32 Å². The number of rotatable bonds is 7. The molecule has 0 aliphatic rings. The highest BCUT2D eigenvalue weighted by molar-refractivity contribution is 7.15. The summed E-state index contributed by atoms with van der Waals surface area (Å²) in [6, 6.07) is 23.5. The van der Waals surface area contributed by atoms with Gasteiger partial charge in [-0.1, -0.05) is 67.9 Å². The molecule has 0 saturated carbocycles. The normalized spacial score (nSPS) is 13.0. The lowest BCUT2D eigenvalue weighted by molar-refractivity contribution is 0.727. The van der Waals surface area contributed by atoms with Gasteiger partial charge in [0, 0.05) is 23.7 Å². The van der Waals surface area contributed by atoms with Crippen molar-refractivity contribution in [2.24, 2.45) is 0 Å². The first kappa shape index (κ1) is 21.3. The van der Waals surface area contributed by atoms with Crippen LogP contribution in [0.5, 0.6) is 0 Å². The summed E-state index contributed by atoms with van der Waals surface area (Å²) in [5.74, 6) is 1.32. The van der Waals surface area contributed by atoms with Crippen molar-refractivity contribution in [1.82, 2.24) is 9.97 Å². The van der Waals surface area contributed by atoms with Crippen LogP contribution in [0.25, 0.3) is 21.7 Å². The number of thiazole rings is 1. The van der Waals surface area contributed by atoms with E-state index in [4.69, 9.17) is 4.98 Å². The van der Waals surface area contributed by atoms with E-state index in [9.17, 15) is 0 Å². The van der Waals surface area contributed by atoms with Crippen LogP contribution in [0.1, 0.15) is 55.3 Å². The predicted molar refractivity (Wildman–Crippen MR) is 133 cm³/mol. The highest BCUT2D eigenvalue weighted by Crippen LogP contribution is 2.40. The first-order chi connectivity index (χ1) is 15.0. The van der Waals surface area contributed by atoms with Gasteiger partial charge in [-0.05, 0) is 49.6 Å². The Morgan fingerprint density at radius 2 is 1.74 bits per heavy atom. The molecule has 0 amide bonds. The molecule has 4 heteroatoms. The molecule has 2 heterocycles. The Hall–Kier alpha value is -2.98. The van der Waals surface area contributed by atoms with Crippen LogP contribution >= 0.6 is 11.3 Å². The molecule has 0 radical (unpaired) electrons. The van der Waals surface area contributed by atoms with E-state index < -0.39 is 0 Å². The smallest absolute Gasteiger partial charge is 0.126 e. The van der Waals surface area contributed by atoms with Gasteiger partial charge in [0.05, 0.1) is 15.6 Å². The molecule has 31 heavy (non-hydrogen) atoms. The van der Waals surface area contributed by atoms with E-state index >= 15 is 0 Å². The first-order valence-electron chi connectivity index (χ1n) is 10.9. The summed E-state index contributed by atoms with van der Waals surface area (Å²) in [4.78, 5) is 10.9. The van der Waals surface area contributed by atoms with Crippen LogP contribution in [-0.4, -0.2) is 9.97 Å². The monoisotopic (exact) mass is 427 g/mol. The lowest BCUT2D eigenvalue weighted by Crippen LogP contribution is -2.07. The van der Waals surface area contributed by atoms with E-state index in [1.165, 1.54) is 26.6 Å². The molecule has 2 aromatic carbocycles. The highest BCUT2D eigenvalue weighted by Gasteiger charge is 2.18. The predicted octanol–water partition coefficient (Wildman–Crippen LogP) is 7.87. The van der Waals surface area contributed by atoms with Crippen molar-refractivity contribution >= 4 is 17.2 Å². The zero-order chi connectivity index (χ0) is 21.8. The Morgan fingerprint density at radius 3 is 2.48 bits per heavy atom. The second-order valence-corrected chi connectivity index (χ2v) is 9.15. The van der Waals surface area contributed by atoms with Gasteiger partial charge >= 0.3 is 0 Å². The zero-order valence-corrected chi connectivity index (χ0v) is 19.4. The lowest BCUT2D eigenvalue weighted by atomic mass is 10.0. The van der Waals surface area contributed by atoms with E-state index in [0.717, 1.165) is 23.5 Å². The van der Waals surface area contributed by atoms with Crippen LogP contribution in [0, 0.1) is 6.92 Å². The number of aromatic nitrogens is 2. The van der Waals surface area contributed by atoms with Gasteiger partial charge in [-0.2, -0.15) is 0 Å². The van der Waals surface area contributed by atoms with E-state index in [1.807, 2.05) is 12.3 Å². The third kappa shape index (κ3) is 4.86.